The predicted molar refractivity (Wildman–Crippen MR) is 130 cm³/mol. The van der Waals surface area contributed by atoms with Gasteiger partial charge in [-0.1, -0.05) is 41.9 Å². The second kappa shape index (κ2) is 10.2. The van der Waals surface area contributed by atoms with Gasteiger partial charge in [0, 0.05) is 27.8 Å². The quantitative estimate of drug-likeness (QED) is 0.178. The number of nitrogens with one attached hydrogen (secondary N) is 1. The Kier molecular flexibility index (Phi) is 6.93. The topological polar surface area (TPSA) is 112 Å². The standard InChI is InChI=1S/C26H19ClN2O6/c1-16-13-19(8-11-23(16)29(32)33)34-15-20-9-12-24(35-20)26(31)28-22-10-7-18(27)14-21(22)25(30)17-5-3-2-4-6-17/h2-14H,15H2,1H3,(H,28,31). The van der Waals surface area contributed by atoms with Crippen molar-refractivity contribution in [1.29, 1.82) is 0 Å². The highest BCUT2D eigenvalue weighted by atomic mass is 35.5. The molecule has 1 N–H and O–H groups in total. The van der Waals surface area contributed by atoms with Crippen LogP contribution in [0, 0.1) is 17.0 Å². The highest BCUT2D eigenvalue weighted by molar-refractivity contribution is 6.31. The van der Waals surface area contributed by atoms with Gasteiger partial charge in [0.25, 0.3) is 11.6 Å². The van der Waals surface area contributed by atoms with Crippen molar-refractivity contribution in [2.45, 2.75) is 13.5 Å². The molecule has 1 amide bonds. The minimum absolute atomic E-state index is 0.00150. The van der Waals surface area contributed by atoms with Crippen molar-refractivity contribution in [2.24, 2.45) is 0 Å². The third-order valence-corrected chi connectivity index (χ3v) is 5.38. The van der Waals surface area contributed by atoms with E-state index in [-0.39, 0.29) is 29.4 Å². The van der Waals surface area contributed by atoms with Gasteiger partial charge in [0.15, 0.2) is 11.5 Å². The normalized spacial score (nSPS) is 10.6. The Morgan fingerprint density at radius 2 is 1.80 bits per heavy atom. The summed E-state index contributed by atoms with van der Waals surface area (Å²) in [4.78, 5) is 36.2. The Balaban J connectivity index is 1.46. The maximum absolute atomic E-state index is 13.0. The molecule has 8 nitrogen and oxygen atoms in total. The molecule has 0 atom stereocenters. The molecule has 0 bridgehead atoms. The number of nitro benzene ring substituents is 1. The summed E-state index contributed by atoms with van der Waals surface area (Å²) in [6, 6.07) is 20.8. The zero-order chi connectivity index (χ0) is 24.9. The minimum Gasteiger partial charge on any atom is -0.486 e. The molecule has 0 saturated heterocycles. The van der Waals surface area contributed by atoms with Crippen LogP contribution in [0.15, 0.2) is 83.3 Å². The third kappa shape index (κ3) is 5.56. The Bertz CT molecular complexity index is 1410. The fraction of sp³-hybridized carbons (Fsp3) is 0.0769. The molecule has 1 heterocycles. The fourth-order valence-electron chi connectivity index (χ4n) is 3.40. The molecule has 9 heteroatoms. The number of hydrogen-bond donors (Lipinski definition) is 1. The number of amides is 1. The van der Waals surface area contributed by atoms with Gasteiger partial charge in [-0.05, 0) is 49.4 Å². The van der Waals surface area contributed by atoms with Gasteiger partial charge in [-0.3, -0.25) is 19.7 Å². The molecule has 0 aliphatic rings. The van der Waals surface area contributed by atoms with Crippen molar-refractivity contribution in [3.8, 4) is 5.75 Å². The zero-order valence-corrected chi connectivity index (χ0v) is 19.2. The average molecular weight is 491 g/mol. The van der Waals surface area contributed by atoms with E-state index in [1.54, 1.807) is 61.5 Å². The number of halogens is 1. The second-order valence-corrected chi connectivity index (χ2v) is 8.04. The molecule has 176 valence electrons. The van der Waals surface area contributed by atoms with Crippen LogP contribution < -0.4 is 10.1 Å². The highest BCUT2D eigenvalue weighted by Crippen LogP contribution is 2.26. The number of nitrogens with zero attached hydrogens (tertiary/aromatic N) is 1. The lowest BCUT2D eigenvalue weighted by Gasteiger charge is -2.10. The molecule has 35 heavy (non-hydrogen) atoms. The fourth-order valence-corrected chi connectivity index (χ4v) is 3.57. The number of carbonyl (C=O) groups is 2. The number of aryl methyl sites for hydroxylation is 1. The first-order chi connectivity index (χ1) is 16.8. The summed E-state index contributed by atoms with van der Waals surface area (Å²) >= 11 is 6.09. The van der Waals surface area contributed by atoms with E-state index in [1.807, 2.05) is 0 Å². The molecule has 0 saturated carbocycles. The lowest BCUT2D eigenvalue weighted by Crippen LogP contribution is -2.14. The smallest absolute Gasteiger partial charge is 0.291 e. The number of furan rings is 1. The number of carbonyl (C=O) groups excluding carboxylic acids is 2. The largest absolute Gasteiger partial charge is 0.486 e. The van der Waals surface area contributed by atoms with Gasteiger partial charge in [-0.15, -0.1) is 0 Å². The summed E-state index contributed by atoms with van der Waals surface area (Å²) in [6.45, 7) is 1.64. The van der Waals surface area contributed by atoms with Crippen molar-refractivity contribution in [3.63, 3.8) is 0 Å². The minimum atomic E-state index is -0.549. The van der Waals surface area contributed by atoms with Crippen LogP contribution in [-0.4, -0.2) is 16.6 Å². The van der Waals surface area contributed by atoms with E-state index in [9.17, 15) is 19.7 Å². The molecular formula is C26H19ClN2O6. The van der Waals surface area contributed by atoms with E-state index in [1.165, 1.54) is 24.3 Å². The van der Waals surface area contributed by atoms with Crippen LogP contribution >= 0.6 is 11.6 Å². The first kappa shape index (κ1) is 23.7. The first-order valence-corrected chi connectivity index (χ1v) is 10.9. The molecule has 0 spiro atoms. The third-order valence-electron chi connectivity index (χ3n) is 5.14. The Morgan fingerprint density at radius 3 is 2.51 bits per heavy atom. The Hall–Kier alpha value is -4.43. The average Bonchev–Trinajstić information content (AvgIpc) is 3.33. The summed E-state index contributed by atoms with van der Waals surface area (Å²) in [5.74, 6) is 0.00214. The molecule has 0 radical (unpaired) electrons. The predicted octanol–water partition coefficient (Wildman–Crippen LogP) is 6.21. The molecule has 0 aliphatic heterocycles. The van der Waals surface area contributed by atoms with E-state index in [0.29, 0.717) is 33.3 Å². The lowest BCUT2D eigenvalue weighted by atomic mass is 10.0. The van der Waals surface area contributed by atoms with Crippen molar-refractivity contribution < 1.29 is 23.7 Å². The number of nitro groups is 1. The summed E-state index contributed by atoms with van der Waals surface area (Å²) in [6.07, 6.45) is 0. The van der Waals surface area contributed by atoms with Crippen LogP contribution in [0.1, 0.15) is 37.8 Å². The van der Waals surface area contributed by atoms with Crippen molar-refractivity contribution in [1.82, 2.24) is 0 Å². The summed E-state index contributed by atoms with van der Waals surface area (Å²) in [5, 5.41) is 14.0. The molecule has 1 aromatic heterocycles. The summed E-state index contributed by atoms with van der Waals surface area (Å²) < 4.78 is 11.2. The van der Waals surface area contributed by atoms with Gasteiger partial charge < -0.3 is 14.5 Å². The molecule has 4 rings (SSSR count). The SMILES string of the molecule is Cc1cc(OCc2ccc(C(=O)Nc3ccc(Cl)cc3C(=O)c3ccccc3)o2)ccc1[N+](=O)[O-]. The zero-order valence-electron chi connectivity index (χ0n) is 18.5. The number of ketones is 1. The van der Waals surface area contributed by atoms with Crippen LogP contribution in [0.3, 0.4) is 0 Å². The Morgan fingerprint density at radius 1 is 1.03 bits per heavy atom. The molecule has 0 aliphatic carbocycles. The summed E-state index contributed by atoms with van der Waals surface area (Å²) in [5.41, 5.74) is 1.48. The van der Waals surface area contributed by atoms with Gasteiger partial charge in [0.05, 0.1) is 10.6 Å². The van der Waals surface area contributed by atoms with Gasteiger partial charge in [0.1, 0.15) is 18.1 Å². The van der Waals surface area contributed by atoms with Crippen LogP contribution in [-0.2, 0) is 6.61 Å². The van der Waals surface area contributed by atoms with Crippen molar-refractivity contribution in [3.05, 3.63) is 122 Å². The highest BCUT2D eigenvalue weighted by Gasteiger charge is 2.19. The van der Waals surface area contributed by atoms with E-state index in [4.69, 9.17) is 20.8 Å². The number of rotatable bonds is 8. The van der Waals surface area contributed by atoms with Crippen molar-refractivity contribution >= 4 is 34.7 Å². The summed E-state index contributed by atoms with van der Waals surface area (Å²) in [7, 11) is 0. The second-order valence-electron chi connectivity index (χ2n) is 7.60. The van der Waals surface area contributed by atoms with Gasteiger partial charge in [0.2, 0.25) is 0 Å². The van der Waals surface area contributed by atoms with E-state index < -0.39 is 10.8 Å². The van der Waals surface area contributed by atoms with Gasteiger partial charge in [-0.2, -0.15) is 0 Å². The van der Waals surface area contributed by atoms with E-state index in [0.717, 1.165) is 0 Å². The van der Waals surface area contributed by atoms with E-state index >= 15 is 0 Å². The van der Waals surface area contributed by atoms with E-state index in [2.05, 4.69) is 5.32 Å². The van der Waals surface area contributed by atoms with Crippen LogP contribution in [0.5, 0.6) is 5.75 Å². The van der Waals surface area contributed by atoms with Gasteiger partial charge in [-0.25, -0.2) is 0 Å². The number of hydrogen-bond acceptors (Lipinski definition) is 6. The van der Waals surface area contributed by atoms with Crippen LogP contribution in [0.25, 0.3) is 0 Å². The maximum Gasteiger partial charge on any atom is 0.291 e. The maximum atomic E-state index is 13.0. The lowest BCUT2D eigenvalue weighted by molar-refractivity contribution is -0.385. The first-order valence-electron chi connectivity index (χ1n) is 10.5. The van der Waals surface area contributed by atoms with Crippen LogP contribution in [0.4, 0.5) is 11.4 Å². The number of anilines is 1. The number of ether oxygens (including phenoxy) is 1. The monoisotopic (exact) mass is 490 g/mol. The molecular weight excluding hydrogens is 472 g/mol. The molecule has 4 aromatic rings. The van der Waals surface area contributed by atoms with Gasteiger partial charge >= 0.3 is 0 Å². The molecule has 3 aromatic carbocycles. The molecule has 0 fully saturated rings. The molecule has 0 unspecified atom stereocenters. The Labute approximate surface area is 205 Å². The van der Waals surface area contributed by atoms with Crippen molar-refractivity contribution in [2.75, 3.05) is 5.32 Å². The van der Waals surface area contributed by atoms with Crippen LogP contribution in [0.2, 0.25) is 5.02 Å². The number of benzene rings is 3.